The van der Waals surface area contributed by atoms with E-state index in [-0.39, 0.29) is 6.04 Å². The first-order valence-corrected chi connectivity index (χ1v) is 7.88. The maximum Gasteiger partial charge on any atom is 0.166 e. The van der Waals surface area contributed by atoms with Gasteiger partial charge in [0.15, 0.2) is 11.5 Å². The number of ether oxygens (including phenoxy) is 3. The van der Waals surface area contributed by atoms with Crippen molar-refractivity contribution in [3.8, 4) is 11.5 Å². The van der Waals surface area contributed by atoms with Crippen molar-refractivity contribution < 1.29 is 14.2 Å². The van der Waals surface area contributed by atoms with Crippen LogP contribution >= 0.6 is 15.9 Å². The van der Waals surface area contributed by atoms with Crippen LogP contribution in [0.1, 0.15) is 31.0 Å². The quantitative estimate of drug-likeness (QED) is 0.891. The molecule has 1 aliphatic rings. The zero-order valence-corrected chi connectivity index (χ0v) is 13.9. The number of hydrogen-bond acceptors (Lipinski definition) is 4. The third-order valence-corrected chi connectivity index (χ3v) is 4.11. The monoisotopic (exact) mass is 343 g/mol. The number of hydrogen-bond donors (Lipinski definition) is 1. The summed E-state index contributed by atoms with van der Waals surface area (Å²) in [6, 6.07) is 2.12. The molecule has 1 aromatic rings. The molecule has 0 spiro atoms. The molecular formula is C15H22BrNO3. The molecule has 2 rings (SSSR count). The second-order valence-corrected chi connectivity index (χ2v) is 5.46. The Morgan fingerprint density at radius 1 is 1.35 bits per heavy atom. The Kier molecular flexibility index (Phi) is 5.69. The Balaban J connectivity index is 2.60. The van der Waals surface area contributed by atoms with Gasteiger partial charge in [0, 0.05) is 10.0 Å². The minimum absolute atomic E-state index is 0.116. The molecule has 0 saturated carbocycles. The number of nitrogens with one attached hydrogen (secondary N) is 1. The molecule has 1 N–H and O–H groups in total. The highest BCUT2D eigenvalue weighted by atomic mass is 79.9. The van der Waals surface area contributed by atoms with Gasteiger partial charge in [0.05, 0.1) is 32.5 Å². The Hall–Kier alpha value is -0.780. The van der Waals surface area contributed by atoms with Crippen molar-refractivity contribution in [2.45, 2.75) is 26.3 Å². The number of rotatable bonds is 5. The first kappa shape index (κ1) is 15.6. The summed E-state index contributed by atoms with van der Waals surface area (Å²) >= 11 is 3.66. The maximum absolute atomic E-state index is 5.89. The zero-order valence-electron chi connectivity index (χ0n) is 12.3. The van der Waals surface area contributed by atoms with E-state index in [0.29, 0.717) is 19.8 Å². The normalized spacial score (nSPS) is 18.3. The standard InChI is InChI=1S/C15H22BrNO3/c1-4-19-13-8-11(16)10-6-7-18-9-12(17-3)14(10)15(13)20-5-2/h8,12,17H,4-7,9H2,1-3H3. The average molecular weight is 344 g/mol. The van der Waals surface area contributed by atoms with E-state index in [9.17, 15) is 0 Å². The number of halogens is 1. The number of likely N-dealkylation sites (N-methyl/N-ethyl adjacent to an activating group) is 1. The summed E-state index contributed by atoms with van der Waals surface area (Å²) in [5.41, 5.74) is 2.40. The van der Waals surface area contributed by atoms with Gasteiger partial charge in [0.2, 0.25) is 0 Å². The zero-order chi connectivity index (χ0) is 14.5. The fourth-order valence-electron chi connectivity index (χ4n) is 2.53. The highest BCUT2D eigenvalue weighted by Gasteiger charge is 2.27. The number of fused-ring (bicyclic) bond motifs is 1. The first-order chi connectivity index (χ1) is 9.72. The second kappa shape index (κ2) is 7.29. The summed E-state index contributed by atoms with van der Waals surface area (Å²) in [5.74, 6) is 1.64. The van der Waals surface area contributed by atoms with Crippen molar-refractivity contribution in [3.05, 3.63) is 21.7 Å². The molecule has 20 heavy (non-hydrogen) atoms. The van der Waals surface area contributed by atoms with Gasteiger partial charge in [0.25, 0.3) is 0 Å². The van der Waals surface area contributed by atoms with E-state index in [4.69, 9.17) is 14.2 Å². The Labute approximate surface area is 128 Å². The van der Waals surface area contributed by atoms with Crippen LogP contribution in [0.15, 0.2) is 10.5 Å². The molecule has 0 aromatic heterocycles. The number of benzene rings is 1. The maximum atomic E-state index is 5.89. The van der Waals surface area contributed by atoms with E-state index in [1.807, 2.05) is 27.0 Å². The summed E-state index contributed by atoms with van der Waals surface area (Å²) in [6.07, 6.45) is 0.876. The summed E-state index contributed by atoms with van der Waals surface area (Å²) in [5, 5.41) is 3.31. The van der Waals surface area contributed by atoms with Gasteiger partial charge in [-0.25, -0.2) is 0 Å². The topological polar surface area (TPSA) is 39.7 Å². The van der Waals surface area contributed by atoms with Gasteiger partial charge in [-0.3, -0.25) is 0 Å². The van der Waals surface area contributed by atoms with E-state index in [1.54, 1.807) is 0 Å². The molecule has 1 atom stereocenters. The smallest absolute Gasteiger partial charge is 0.166 e. The Morgan fingerprint density at radius 3 is 2.75 bits per heavy atom. The van der Waals surface area contributed by atoms with Gasteiger partial charge in [-0.05, 0) is 38.9 Å². The molecule has 1 aromatic carbocycles. The lowest BCUT2D eigenvalue weighted by Crippen LogP contribution is -2.22. The van der Waals surface area contributed by atoms with E-state index in [1.165, 1.54) is 5.56 Å². The molecule has 112 valence electrons. The van der Waals surface area contributed by atoms with E-state index in [0.717, 1.165) is 34.6 Å². The first-order valence-electron chi connectivity index (χ1n) is 7.08. The fourth-order valence-corrected chi connectivity index (χ4v) is 3.15. The molecule has 0 aliphatic carbocycles. The van der Waals surface area contributed by atoms with Crippen LogP contribution in [-0.4, -0.2) is 33.5 Å². The molecule has 5 heteroatoms. The predicted molar refractivity (Wildman–Crippen MR) is 82.8 cm³/mol. The highest BCUT2D eigenvalue weighted by Crippen LogP contribution is 2.43. The molecule has 0 saturated heterocycles. The third-order valence-electron chi connectivity index (χ3n) is 3.41. The Bertz CT molecular complexity index is 465. The van der Waals surface area contributed by atoms with E-state index < -0.39 is 0 Å². The lowest BCUT2D eigenvalue weighted by Gasteiger charge is -2.23. The van der Waals surface area contributed by atoms with Gasteiger partial charge >= 0.3 is 0 Å². The molecule has 0 radical (unpaired) electrons. The van der Waals surface area contributed by atoms with Crippen LogP contribution in [0.4, 0.5) is 0 Å². The molecule has 4 nitrogen and oxygen atoms in total. The fraction of sp³-hybridized carbons (Fsp3) is 0.600. The Morgan fingerprint density at radius 2 is 2.10 bits per heavy atom. The predicted octanol–water partition coefficient (Wildman–Crippen LogP) is 3.08. The van der Waals surface area contributed by atoms with Gasteiger partial charge in [-0.1, -0.05) is 15.9 Å². The van der Waals surface area contributed by atoms with Crippen LogP contribution in [0, 0.1) is 0 Å². The van der Waals surface area contributed by atoms with Crippen LogP contribution in [0.5, 0.6) is 11.5 Å². The van der Waals surface area contributed by atoms with E-state index in [2.05, 4.69) is 21.2 Å². The van der Waals surface area contributed by atoms with Crippen LogP contribution in [0.2, 0.25) is 0 Å². The van der Waals surface area contributed by atoms with Crippen molar-refractivity contribution in [1.29, 1.82) is 0 Å². The van der Waals surface area contributed by atoms with Crippen molar-refractivity contribution in [1.82, 2.24) is 5.32 Å². The van der Waals surface area contributed by atoms with Gasteiger partial charge in [-0.15, -0.1) is 0 Å². The van der Waals surface area contributed by atoms with Crippen molar-refractivity contribution in [2.75, 3.05) is 33.5 Å². The summed E-state index contributed by atoms with van der Waals surface area (Å²) < 4.78 is 18.4. The van der Waals surface area contributed by atoms with Gasteiger partial charge in [-0.2, -0.15) is 0 Å². The molecule has 0 fully saturated rings. The average Bonchev–Trinajstić information content (AvgIpc) is 2.66. The van der Waals surface area contributed by atoms with Crippen LogP contribution in [0.3, 0.4) is 0 Å². The van der Waals surface area contributed by atoms with E-state index >= 15 is 0 Å². The SMILES string of the molecule is CCOc1cc(Br)c2c(c1OCC)C(NC)COCC2. The lowest BCUT2D eigenvalue weighted by molar-refractivity contribution is 0.123. The lowest BCUT2D eigenvalue weighted by atomic mass is 9.97. The molecule has 0 bridgehead atoms. The summed E-state index contributed by atoms with van der Waals surface area (Å²) in [6.45, 7) is 6.58. The second-order valence-electron chi connectivity index (χ2n) is 4.61. The molecular weight excluding hydrogens is 322 g/mol. The molecule has 1 aliphatic heterocycles. The molecule has 0 amide bonds. The minimum Gasteiger partial charge on any atom is -0.490 e. The largest absolute Gasteiger partial charge is 0.490 e. The van der Waals surface area contributed by atoms with Crippen LogP contribution in [-0.2, 0) is 11.2 Å². The molecule has 1 unspecified atom stereocenters. The summed E-state index contributed by atoms with van der Waals surface area (Å²) in [7, 11) is 1.94. The van der Waals surface area contributed by atoms with Crippen molar-refractivity contribution >= 4 is 15.9 Å². The van der Waals surface area contributed by atoms with Crippen LogP contribution < -0.4 is 14.8 Å². The van der Waals surface area contributed by atoms with Gasteiger partial charge in [0.1, 0.15) is 0 Å². The summed E-state index contributed by atoms with van der Waals surface area (Å²) in [4.78, 5) is 0. The van der Waals surface area contributed by atoms with Crippen molar-refractivity contribution in [3.63, 3.8) is 0 Å². The van der Waals surface area contributed by atoms with Crippen LogP contribution in [0.25, 0.3) is 0 Å². The molecule has 1 heterocycles. The minimum atomic E-state index is 0.116. The van der Waals surface area contributed by atoms with Gasteiger partial charge < -0.3 is 19.5 Å². The highest BCUT2D eigenvalue weighted by molar-refractivity contribution is 9.10. The van der Waals surface area contributed by atoms with Crippen molar-refractivity contribution in [2.24, 2.45) is 0 Å². The third kappa shape index (κ3) is 3.10.